The van der Waals surface area contributed by atoms with E-state index in [2.05, 4.69) is 23.6 Å². The van der Waals surface area contributed by atoms with Crippen molar-refractivity contribution in [1.29, 1.82) is 5.26 Å². The van der Waals surface area contributed by atoms with Gasteiger partial charge in [0.2, 0.25) is 0 Å². The number of phosphoric acid groups is 1. The number of thioether (sulfide) groups is 1. The van der Waals surface area contributed by atoms with Crippen LogP contribution < -0.4 is 5.73 Å². The van der Waals surface area contributed by atoms with E-state index in [4.69, 9.17) is 24.8 Å². The van der Waals surface area contributed by atoms with Crippen molar-refractivity contribution in [2.24, 2.45) is 0 Å². The molecule has 2 aromatic heterocycles. The molecule has 3 heterocycles. The zero-order valence-electron chi connectivity index (χ0n) is 23.3. The third kappa shape index (κ3) is 12.6. The van der Waals surface area contributed by atoms with Gasteiger partial charge in [0.1, 0.15) is 17.9 Å². The van der Waals surface area contributed by atoms with Crippen LogP contribution in [0.1, 0.15) is 102 Å². The monoisotopic (exact) mass is 583 g/mol. The molecule has 3 N–H and O–H groups in total. The van der Waals surface area contributed by atoms with Crippen molar-refractivity contribution in [3.8, 4) is 6.57 Å². The van der Waals surface area contributed by atoms with E-state index in [1.807, 2.05) is 23.9 Å². The molecule has 0 amide bonds. The molecule has 0 spiro atoms. The molecule has 0 aliphatic carbocycles. The molecule has 1 saturated heterocycles. The highest BCUT2D eigenvalue weighted by molar-refractivity contribution is 7.99. The fourth-order valence-corrected chi connectivity index (χ4v) is 6.34. The van der Waals surface area contributed by atoms with Crippen molar-refractivity contribution in [2.45, 2.75) is 103 Å². The SMILES string of the molecule is C#N.CCCCCCCCCCCCSCCCOP(=O)(O)OCC1CCC(c2ccc3c(N)ncnn23)O1. The predicted molar refractivity (Wildman–Crippen MR) is 156 cm³/mol. The van der Waals surface area contributed by atoms with Crippen LogP contribution in [0, 0.1) is 11.8 Å². The molecule has 1 aliphatic heterocycles. The Labute approximate surface area is 237 Å². The van der Waals surface area contributed by atoms with Crippen LogP contribution in [0.25, 0.3) is 5.52 Å². The number of nitriles is 1. The van der Waals surface area contributed by atoms with Gasteiger partial charge in [0, 0.05) is 6.57 Å². The number of ether oxygens (including phenoxy) is 1. The number of nitrogens with zero attached hydrogens (tertiary/aromatic N) is 4. The van der Waals surface area contributed by atoms with Crippen LogP contribution in [0.15, 0.2) is 18.5 Å². The lowest BCUT2D eigenvalue weighted by Crippen LogP contribution is -2.15. The first-order valence-electron chi connectivity index (χ1n) is 14.2. The van der Waals surface area contributed by atoms with Gasteiger partial charge < -0.3 is 15.4 Å². The van der Waals surface area contributed by atoms with Crippen LogP contribution in [-0.4, -0.2) is 50.3 Å². The van der Waals surface area contributed by atoms with Crippen LogP contribution in [-0.2, 0) is 18.3 Å². The molecule has 220 valence electrons. The Morgan fingerprint density at radius 3 is 2.46 bits per heavy atom. The molecule has 39 heavy (non-hydrogen) atoms. The van der Waals surface area contributed by atoms with Gasteiger partial charge in [-0.15, -0.1) is 0 Å². The first kappa shape index (κ1) is 33.5. The molecule has 0 bridgehead atoms. The number of hydrogen-bond donors (Lipinski definition) is 2. The third-order valence-corrected chi connectivity index (χ3v) is 8.84. The number of aromatic nitrogens is 3. The summed E-state index contributed by atoms with van der Waals surface area (Å²) in [5, 5.41) is 10.8. The molecule has 12 heteroatoms. The number of phosphoric ester groups is 1. The topological polar surface area (TPSA) is 145 Å². The van der Waals surface area contributed by atoms with Gasteiger partial charge in [-0.1, -0.05) is 64.7 Å². The summed E-state index contributed by atoms with van der Waals surface area (Å²) >= 11 is 1.88. The smallest absolute Gasteiger partial charge is 0.382 e. The normalized spacial score (nSPS) is 18.6. The summed E-state index contributed by atoms with van der Waals surface area (Å²) in [7, 11) is -4.09. The van der Waals surface area contributed by atoms with Crippen molar-refractivity contribution >= 4 is 30.9 Å². The molecule has 0 radical (unpaired) electrons. The number of nitrogens with two attached hydrogens (primary N) is 1. The van der Waals surface area contributed by atoms with Gasteiger partial charge in [0.05, 0.1) is 25.0 Å². The largest absolute Gasteiger partial charge is 0.472 e. The number of unbranched alkanes of at least 4 members (excludes halogenated alkanes) is 9. The van der Waals surface area contributed by atoms with E-state index in [1.165, 1.54) is 70.5 Å². The maximum absolute atomic E-state index is 12.2. The molecule has 2 aromatic rings. The Morgan fingerprint density at radius 1 is 1.08 bits per heavy atom. The van der Waals surface area contributed by atoms with Gasteiger partial charge in [-0.2, -0.15) is 16.9 Å². The lowest BCUT2D eigenvalue weighted by atomic mass is 10.1. The second kappa shape index (κ2) is 19.4. The fraction of sp³-hybridized carbons (Fsp3) is 0.741. The Bertz CT molecular complexity index is 1010. The molecular formula is C27H46N5O5PS. The van der Waals surface area contributed by atoms with E-state index in [9.17, 15) is 9.46 Å². The number of fused-ring (bicyclic) bond motifs is 1. The summed E-state index contributed by atoms with van der Waals surface area (Å²) in [6.45, 7) is 5.98. The highest BCUT2D eigenvalue weighted by Crippen LogP contribution is 2.44. The van der Waals surface area contributed by atoms with Crippen molar-refractivity contribution in [3.63, 3.8) is 0 Å². The first-order chi connectivity index (χ1) is 19.0. The van der Waals surface area contributed by atoms with Gasteiger partial charge in [-0.05, 0) is 49.3 Å². The van der Waals surface area contributed by atoms with Crippen molar-refractivity contribution < 1.29 is 23.2 Å². The van der Waals surface area contributed by atoms with Crippen LogP contribution >= 0.6 is 19.6 Å². The van der Waals surface area contributed by atoms with Crippen LogP contribution in [0.5, 0.6) is 0 Å². The van der Waals surface area contributed by atoms with Gasteiger partial charge in [0.15, 0.2) is 5.82 Å². The van der Waals surface area contributed by atoms with E-state index in [1.54, 1.807) is 4.52 Å². The minimum atomic E-state index is -4.09. The average Bonchev–Trinajstić information content (AvgIpc) is 3.59. The quantitative estimate of drug-likeness (QED) is 0.125. The van der Waals surface area contributed by atoms with E-state index < -0.39 is 7.82 Å². The highest BCUT2D eigenvalue weighted by Gasteiger charge is 2.31. The average molecular weight is 584 g/mol. The minimum absolute atomic E-state index is 0.0121. The minimum Gasteiger partial charge on any atom is -0.382 e. The summed E-state index contributed by atoms with van der Waals surface area (Å²) in [4.78, 5) is 14.0. The lowest BCUT2D eigenvalue weighted by molar-refractivity contribution is 0.00498. The number of nitrogen functional groups attached to an aromatic ring is 1. The Hall–Kier alpha value is -1.67. The van der Waals surface area contributed by atoms with E-state index >= 15 is 0 Å². The molecule has 3 atom stereocenters. The van der Waals surface area contributed by atoms with Gasteiger partial charge >= 0.3 is 7.82 Å². The third-order valence-electron chi connectivity index (χ3n) is 6.70. The first-order valence-corrected chi connectivity index (χ1v) is 16.8. The van der Waals surface area contributed by atoms with E-state index in [0.717, 1.165) is 35.6 Å². The summed E-state index contributed by atoms with van der Waals surface area (Å²) < 4.78 is 30.4. The zero-order chi connectivity index (χ0) is 28.3. The summed E-state index contributed by atoms with van der Waals surface area (Å²) in [5.41, 5.74) is 7.51. The van der Waals surface area contributed by atoms with Crippen molar-refractivity contribution in [3.05, 3.63) is 24.2 Å². The number of rotatable bonds is 20. The summed E-state index contributed by atoms with van der Waals surface area (Å²) in [6, 6.07) is 3.78. The molecule has 0 saturated carbocycles. The molecule has 1 fully saturated rings. The molecule has 10 nitrogen and oxygen atoms in total. The standard InChI is InChI=1S/C26H45N4O5PS.CHN/c1-2-3-4-5-6-7-8-9-10-11-18-37-19-12-17-33-36(31,32)34-20-22-13-16-25(35-22)23-14-15-24-26(27)28-21-29-30(23)24;1-2/h14-15,21-22,25H,2-13,16-20H2,1H3,(H,31,32)(H2,27,28,29);1H. The molecule has 1 aliphatic rings. The Kier molecular flexibility index (Phi) is 16.7. The molecular weight excluding hydrogens is 537 g/mol. The van der Waals surface area contributed by atoms with Gasteiger partial charge in [-0.25, -0.2) is 19.3 Å². The van der Waals surface area contributed by atoms with Crippen LogP contribution in [0.4, 0.5) is 5.82 Å². The Balaban J connectivity index is 0.00000260. The molecule has 0 aromatic carbocycles. The maximum Gasteiger partial charge on any atom is 0.472 e. The van der Waals surface area contributed by atoms with Gasteiger partial charge in [-0.3, -0.25) is 9.05 Å². The molecule has 3 unspecified atom stereocenters. The van der Waals surface area contributed by atoms with Crippen LogP contribution in [0.2, 0.25) is 0 Å². The van der Waals surface area contributed by atoms with Gasteiger partial charge in [0.25, 0.3) is 0 Å². The highest BCUT2D eigenvalue weighted by atomic mass is 32.2. The second-order valence-corrected chi connectivity index (χ2v) is 12.4. The zero-order valence-corrected chi connectivity index (χ0v) is 25.0. The van der Waals surface area contributed by atoms with Crippen molar-refractivity contribution in [1.82, 2.24) is 14.6 Å². The van der Waals surface area contributed by atoms with Crippen molar-refractivity contribution in [2.75, 3.05) is 30.5 Å². The Morgan fingerprint density at radius 2 is 1.74 bits per heavy atom. The predicted octanol–water partition coefficient (Wildman–Crippen LogP) is 6.85. The molecule has 3 rings (SSSR count). The number of anilines is 1. The summed E-state index contributed by atoms with van der Waals surface area (Å²) in [5.74, 6) is 2.47. The summed E-state index contributed by atoms with van der Waals surface area (Å²) in [6.07, 6.45) is 16.6. The lowest BCUT2D eigenvalue weighted by Gasteiger charge is -2.16. The second-order valence-electron chi connectivity index (χ2n) is 9.77. The number of hydrogen-bond acceptors (Lipinski definition) is 9. The maximum atomic E-state index is 12.2. The van der Waals surface area contributed by atoms with E-state index in [-0.39, 0.29) is 25.4 Å². The fourth-order valence-electron chi connectivity index (χ4n) is 4.61. The van der Waals surface area contributed by atoms with E-state index in [0.29, 0.717) is 12.2 Å². The van der Waals surface area contributed by atoms with Crippen LogP contribution in [0.3, 0.4) is 0 Å².